The van der Waals surface area contributed by atoms with E-state index in [1.54, 1.807) is 18.4 Å². The minimum Gasteiger partial charge on any atom is -0.454 e. The molecule has 1 aliphatic heterocycles. The Balaban J connectivity index is 1.90. The van der Waals surface area contributed by atoms with Gasteiger partial charge in [-0.3, -0.25) is 4.79 Å². The normalized spacial score (nSPS) is 13.0. The van der Waals surface area contributed by atoms with Crippen LogP contribution in [0.5, 0.6) is 11.5 Å². The van der Waals surface area contributed by atoms with Crippen LogP contribution < -0.4 is 20.9 Å². The number of thioether (sulfide) groups is 1. The molecular weight excluding hydrogens is 292 g/mol. The first-order chi connectivity index (χ1) is 10.2. The summed E-state index contributed by atoms with van der Waals surface area (Å²) in [5, 5.41) is 8.11. The van der Waals surface area contributed by atoms with Crippen LogP contribution >= 0.6 is 11.8 Å². The van der Waals surface area contributed by atoms with Gasteiger partial charge in [-0.05, 0) is 30.0 Å². The fourth-order valence-electron chi connectivity index (χ4n) is 1.83. The lowest BCUT2D eigenvalue weighted by Gasteiger charge is -2.02. The van der Waals surface area contributed by atoms with E-state index < -0.39 is 5.56 Å². The van der Waals surface area contributed by atoms with E-state index in [0.29, 0.717) is 16.7 Å². The first kappa shape index (κ1) is 13.5. The first-order valence-corrected chi connectivity index (χ1v) is 7.28. The number of nitrogen functional groups attached to an aromatic ring is 1. The summed E-state index contributed by atoms with van der Waals surface area (Å²) >= 11 is 1.26. The van der Waals surface area contributed by atoms with Crippen LogP contribution in [0.4, 0.5) is 0 Å². The van der Waals surface area contributed by atoms with E-state index in [0.717, 1.165) is 10.2 Å². The standard InChI is InChI=1S/C13H12N4O3S/c1-21-13-16-15-9(12(18)17(13)14)4-2-8-3-5-10-11(6-8)20-7-19-10/h2-6H,7,14H2,1H3/b4-2+. The van der Waals surface area contributed by atoms with Crippen LogP contribution in [-0.2, 0) is 0 Å². The van der Waals surface area contributed by atoms with Crippen LogP contribution in [0.1, 0.15) is 11.3 Å². The Morgan fingerprint density at radius 2 is 2.10 bits per heavy atom. The summed E-state index contributed by atoms with van der Waals surface area (Å²) in [5.74, 6) is 7.03. The lowest BCUT2D eigenvalue weighted by atomic mass is 10.2. The number of nitrogens with two attached hydrogens (primary N) is 1. The van der Waals surface area contributed by atoms with Gasteiger partial charge in [0.1, 0.15) is 0 Å². The molecule has 1 aliphatic rings. The molecule has 8 heteroatoms. The number of hydrogen-bond donors (Lipinski definition) is 1. The quantitative estimate of drug-likeness (QED) is 0.667. The van der Waals surface area contributed by atoms with Crippen molar-refractivity contribution in [3.05, 3.63) is 39.8 Å². The van der Waals surface area contributed by atoms with Crippen molar-refractivity contribution in [1.29, 1.82) is 0 Å². The van der Waals surface area contributed by atoms with Crippen molar-refractivity contribution in [2.24, 2.45) is 0 Å². The Morgan fingerprint density at radius 3 is 2.90 bits per heavy atom. The van der Waals surface area contributed by atoms with E-state index >= 15 is 0 Å². The highest BCUT2D eigenvalue weighted by Crippen LogP contribution is 2.32. The highest BCUT2D eigenvalue weighted by Gasteiger charge is 2.12. The van der Waals surface area contributed by atoms with Gasteiger partial charge in [-0.1, -0.05) is 23.9 Å². The monoisotopic (exact) mass is 304 g/mol. The fraction of sp³-hybridized carbons (Fsp3) is 0.154. The van der Waals surface area contributed by atoms with Gasteiger partial charge in [0.25, 0.3) is 5.56 Å². The van der Waals surface area contributed by atoms with Crippen molar-refractivity contribution in [2.75, 3.05) is 18.9 Å². The summed E-state index contributed by atoms with van der Waals surface area (Å²) in [6.45, 7) is 0.224. The fourth-order valence-corrected chi connectivity index (χ4v) is 2.24. The molecule has 0 fully saturated rings. The molecule has 2 aromatic rings. The Morgan fingerprint density at radius 1 is 1.29 bits per heavy atom. The van der Waals surface area contributed by atoms with Crippen LogP contribution in [0.25, 0.3) is 12.2 Å². The number of ether oxygens (including phenoxy) is 2. The van der Waals surface area contributed by atoms with Crippen LogP contribution in [0, 0.1) is 0 Å². The molecule has 21 heavy (non-hydrogen) atoms. The average Bonchev–Trinajstić information content (AvgIpc) is 2.96. The Bertz CT molecular complexity index is 772. The number of fused-ring (bicyclic) bond motifs is 1. The predicted octanol–water partition coefficient (Wildman–Crippen LogP) is 0.973. The van der Waals surface area contributed by atoms with Crippen molar-refractivity contribution in [3.63, 3.8) is 0 Å². The summed E-state index contributed by atoms with van der Waals surface area (Å²) < 4.78 is 11.5. The van der Waals surface area contributed by atoms with Crippen molar-refractivity contribution in [2.45, 2.75) is 5.16 Å². The average molecular weight is 304 g/mol. The minimum absolute atomic E-state index is 0.174. The molecule has 0 amide bonds. The van der Waals surface area contributed by atoms with E-state index in [9.17, 15) is 4.79 Å². The zero-order chi connectivity index (χ0) is 14.8. The smallest absolute Gasteiger partial charge is 0.298 e. The van der Waals surface area contributed by atoms with Crippen LogP contribution in [0.3, 0.4) is 0 Å². The highest BCUT2D eigenvalue weighted by molar-refractivity contribution is 7.98. The Hall–Kier alpha value is -2.48. The van der Waals surface area contributed by atoms with Crippen LogP contribution in [0.2, 0.25) is 0 Å². The molecule has 0 bridgehead atoms. The van der Waals surface area contributed by atoms with Crippen molar-refractivity contribution < 1.29 is 9.47 Å². The van der Waals surface area contributed by atoms with Gasteiger partial charge in [0.05, 0.1) is 0 Å². The maximum absolute atomic E-state index is 12.0. The maximum Gasteiger partial charge on any atom is 0.298 e. The van der Waals surface area contributed by atoms with Gasteiger partial charge in [-0.25, -0.2) is 0 Å². The molecule has 0 aliphatic carbocycles. The van der Waals surface area contributed by atoms with Crippen LogP contribution in [0.15, 0.2) is 28.2 Å². The number of benzene rings is 1. The summed E-state index contributed by atoms with van der Waals surface area (Å²) in [6, 6.07) is 5.49. The second-order valence-corrected chi connectivity index (χ2v) is 4.97. The van der Waals surface area contributed by atoms with E-state index in [1.165, 1.54) is 11.8 Å². The molecule has 0 saturated heterocycles. The van der Waals surface area contributed by atoms with Crippen molar-refractivity contribution in [1.82, 2.24) is 14.9 Å². The molecule has 0 spiro atoms. The van der Waals surface area contributed by atoms with Crippen molar-refractivity contribution >= 4 is 23.9 Å². The molecule has 7 nitrogen and oxygen atoms in total. The van der Waals surface area contributed by atoms with Gasteiger partial charge >= 0.3 is 0 Å². The molecule has 2 heterocycles. The zero-order valence-corrected chi connectivity index (χ0v) is 12.0. The molecule has 2 N–H and O–H groups in total. The molecule has 108 valence electrons. The van der Waals surface area contributed by atoms with Gasteiger partial charge < -0.3 is 15.3 Å². The molecule has 1 aromatic heterocycles. The van der Waals surface area contributed by atoms with E-state index in [1.807, 2.05) is 18.2 Å². The van der Waals surface area contributed by atoms with Gasteiger partial charge in [0.15, 0.2) is 17.2 Å². The lowest BCUT2D eigenvalue weighted by Crippen LogP contribution is -2.32. The number of nitrogens with zero attached hydrogens (tertiary/aromatic N) is 3. The SMILES string of the molecule is CSc1nnc(/C=C/c2ccc3c(c2)OCO3)c(=O)n1N. The third-order valence-corrected chi connectivity index (χ3v) is 3.54. The number of rotatable bonds is 3. The van der Waals surface area contributed by atoms with E-state index in [4.69, 9.17) is 15.3 Å². The van der Waals surface area contributed by atoms with E-state index in [2.05, 4.69) is 10.2 Å². The zero-order valence-electron chi connectivity index (χ0n) is 11.1. The van der Waals surface area contributed by atoms with Gasteiger partial charge in [-0.2, -0.15) is 4.68 Å². The second-order valence-electron chi connectivity index (χ2n) is 4.19. The molecule has 0 unspecified atom stereocenters. The summed E-state index contributed by atoms with van der Waals surface area (Å²) in [5.41, 5.74) is 0.636. The largest absolute Gasteiger partial charge is 0.454 e. The molecule has 0 radical (unpaired) electrons. The first-order valence-electron chi connectivity index (χ1n) is 6.05. The van der Waals surface area contributed by atoms with Gasteiger partial charge in [0, 0.05) is 0 Å². The number of aromatic nitrogens is 3. The molecule has 1 aromatic carbocycles. The lowest BCUT2D eigenvalue weighted by molar-refractivity contribution is 0.174. The highest BCUT2D eigenvalue weighted by atomic mass is 32.2. The molecule has 0 atom stereocenters. The second kappa shape index (κ2) is 5.49. The topological polar surface area (TPSA) is 92.3 Å². The molecular formula is C13H12N4O3S. The third kappa shape index (κ3) is 2.57. The van der Waals surface area contributed by atoms with Gasteiger partial charge in [0.2, 0.25) is 11.9 Å². The minimum atomic E-state index is -0.397. The molecule has 0 saturated carbocycles. The third-order valence-electron chi connectivity index (χ3n) is 2.90. The summed E-state index contributed by atoms with van der Waals surface area (Å²) in [7, 11) is 0. The predicted molar refractivity (Wildman–Crippen MR) is 79.7 cm³/mol. The summed E-state index contributed by atoms with van der Waals surface area (Å²) in [4.78, 5) is 12.0. The Kier molecular flexibility index (Phi) is 3.53. The van der Waals surface area contributed by atoms with Crippen LogP contribution in [-0.4, -0.2) is 27.9 Å². The summed E-state index contributed by atoms with van der Waals surface area (Å²) in [6.07, 6.45) is 5.08. The maximum atomic E-state index is 12.0. The van der Waals surface area contributed by atoms with Gasteiger partial charge in [-0.15, -0.1) is 10.2 Å². The van der Waals surface area contributed by atoms with E-state index in [-0.39, 0.29) is 12.5 Å². The Labute approximate surface area is 124 Å². The number of hydrogen-bond acceptors (Lipinski definition) is 7. The van der Waals surface area contributed by atoms with Crippen molar-refractivity contribution in [3.8, 4) is 11.5 Å². The molecule has 3 rings (SSSR count).